The smallest absolute Gasteiger partial charge is 0.221 e. The molecule has 1 heterocycles. The Balaban J connectivity index is 2.24. The van der Waals surface area contributed by atoms with Crippen molar-refractivity contribution < 1.29 is 4.79 Å². The van der Waals surface area contributed by atoms with Crippen molar-refractivity contribution in [1.82, 2.24) is 10.2 Å². The molecule has 3 nitrogen and oxygen atoms in total. The Labute approximate surface area is 98.9 Å². The second-order valence-electron chi connectivity index (χ2n) is 4.44. The first-order valence-corrected chi connectivity index (χ1v) is 6.39. The number of hydrogen-bond acceptors (Lipinski definition) is 2. The van der Waals surface area contributed by atoms with E-state index in [0.717, 1.165) is 13.1 Å². The van der Waals surface area contributed by atoms with Crippen LogP contribution in [0.2, 0.25) is 0 Å². The maximum absolute atomic E-state index is 11.5. The third kappa shape index (κ3) is 4.35. The molecule has 1 aliphatic heterocycles. The van der Waals surface area contributed by atoms with Gasteiger partial charge in [0.15, 0.2) is 0 Å². The first-order valence-electron chi connectivity index (χ1n) is 6.39. The van der Waals surface area contributed by atoms with E-state index in [9.17, 15) is 4.79 Å². The van der Waals surface area contributed by atoms with Crippen molar-refractivity contribution >= 4 is 5.91 Å². The molecule has 1 unspecified atom stereocenters. The van der Waals surface area contributed by atoms with Crippen LogP contribution in [0.5, 0.6) is 0 Å². The van der Waals surface area contributed by atoms with Gasteiger partial charge in [-0.25, -0.2) is 0 Å². The molecule has 1 N–H and O–H groups in total. The lowest BCUT2D eigenvalue weighted by molar-refractivity contribution is -0.121. The van der Waals surface area contributed by atoms with Crippen LogP contribution in [0.4, 0.5) is 0 Å². The molecule has 0 aliphatic carbocycles. The van der Waals surface area contributed by atoms with E-state index in [0.29, 0.717) is 19.0 Å². The Kier molecular flexibility index (Phi) is 6.16. The van der Waals surface area contributed by atoms with Crippen molar-refractivity contribution in [2.75, 3.05) is 19.6 Å². The quantitative estimate of drug-likeness (QED) is 0.699. The van der Waals surface area contributed by atoms with Crippen LogP contribution in [0.1, 0.15) is 39.0 Å². The van der Waals surface area contributed by atoms with Gasteiger partial charge in [-0.05, 0) is 25.8 Å². The molecule has 0 aromatic rings. The van der Waals surface area contributed by atoms with Gasteiger partial charge in [-0.3, -0.25) is 9.69 Å². The van der Waals surface area contributed by atoms with Gasteiger partial charge in [0.25, 0.3) is 0 Å². The molecule has 1 fully saturated rings. The summed E-state index contributed by atoms with van der Waals surface area (Å²) in [4.78, 5) is 13.9. The number of carbonyl (C=O) groups excluding carboxylic acids is 1. The fourth-order valence-corrected chi connectivity index (χ4v) is 2.34. The molecule has 1 aliphatic rings. The van der Waals surface area contributed by atoms with Crippen LogP contribution in [0.15, 0.2) is 12.7 Å². The van der Waals surface area contributed by atoms with Crippen molar-refractivity contribution in [1.29, 1.82) is 0 Å². The summed E-state index contributed by atoms with van der Waals surface area (Å²) in [5.74, 6) is 0.139. The van der Waals surface area contributed by atoms with E-state index >= 15 is 0 Å². The van der Waals surface area contributed by atoms with E-state index < -0.39 is 0 Å². The Hall–Kier alpha value is -0.830. The van der Waals surface area contributed by atoms with E-state index in [2.05, 4.69) is 23.7 Å². The van der Waals surface area contributed by atoms with Crippen molar-refractivity contribution in [2.45, 2.75) is 45.1 Å². The summed E-state index contributed by atoms with van der Waals surface area (Å²) in [5, 5.41) is 2.82. The van der Waals surface area contributed by atoms with Crippen LogP contribution in [0.3, 0.4) is 0 Å². The van der Waals surface area contributed by atoms with Gasteiger partial charge >= 0.3 is 0 Å². The predicted octanol–water partition coefficient (Wildman–Crippen LogP) is 1.94. The van der Waals surface area contributed by atoms with Gasteiger partial charge in [-0.1, -0.05) is 19.4 Å². The van der Waals surface area contributed by atoms with Crippen LogP contribution in [0.25, 0.3) is 0 Å². The van der Waals surface area contributed by atoms with Crippen LogP contribution < -0.4 is 5.32 Å². The maximum atomic E-state index is 11.5. The van der Waals surface area contributed by atoms with Crippen molar-refractivity contribution in [2.24, 2.45) is 0 Å². The standard InChI is InChI=1S/C13H24N2O/c1-3-9-14-13(16)8-11-15-10-6-5-7-12(15)4-2/h3,12H,1,4-11H2,2H3,(H,14,16). The molecule has 0 aromatic heterocycles. The summed E-state index contributed by atoms with van der Waals surface area (Å²) in [6.07, 6.45) is 7.46. The van der Waals surface area contributed by atoms with E-state index in [1.165, 1.54) is 25.7 Å². The summed E-state index contributed by atoms with van der Waals surface area (Å²) in [6.45, 7) is 8.46. The molecule has 16 heavy (non-hydrogen) atoms. The van der Waals surface area contributed by atoms with Crippen LogP contribution in [-0.2, 0) is 4.79 Å². The summed E-state index contributed by atoms with van der Waals surface area (Å²) < 4.78 is 0. The number of likely N-dealkylation sites (tertiary alicyclic amines) is 1. The number of rotatable bonds is 6. The van der Waals surface area contributed by atoms with E-state index in [1.807, 2.05) is 0 Å². The van der Waals surface area contributed by atoms with Crippen molar-refractivity contribution in [3.8, 4) is 0 Å². The van der Waals surface area contributed by atoms with Gasteiger partial charge in [0.1, 0.15) is 0 Å². The van der Waals surface area contributed by atoms with Gasteiger partial charge in [0.2, 0.25) is 5.91 Å². The molecule has 0 spiro atoms. The summed E-state index contributed by atoms with van der Waals surface area (Å²) in [7, 11) is 0. The zero-order valence-electron chi connectivity index (χ0n) is 10.4. The molecule has 0 radical (unpaired) electrons. The average molecular weight is 224 g/mol. The minimum absolute atomic E-state index is 0.139. The highest BCUT2D eigenvalue weighted by Crippen LogP contribution is 2.19. The largest absolute Gasteiger partial charge is 0.353 e. The maximum Gasteiger partial charge on any atom is 0.221 e. The lowest BCUT2D eigenvalue weighted by Gasteiger charge is -2.34. The van der Waals surface area contributed by atoms with Gasteiger partial charge in [0.05, 0.1) is 0 Å². The van der Waals surface area contributed by atoms with Gasteiger partial charge in [-0.2, -0.15) is 0 Å². The van der Waals surface area contributed by atoms with E-state index in [1.54, 1.807) is 6.08 Å². The molecule has 1 saturated heterocycles. The Morgan fingerprint density at radius 2 is 2.38 bits per heavy atom. The minimum Gasteiger partial charge on any atom is -0.353 e. The predicted molar refractivity (Wildman–Crippen MR) is 67.3 cm³/mol. The fraction of sp³-hybridized carbons (Fsp3) is 0.769. The molecular formula is C13H24N2O. The Morgan fingerprint density at radius 1 is 1.56 bits per heavy atom. The number of hydrogen-bond donors (Lipinski definition) is 1. The molecule has 1 atom stereocenters. The summed E-state index contributed by atoms with van der Waals surface area (Å²) in [6, 6.07) is 0.695. The van der Waals surface area contributed by atoms with E-state index in [-0.39, 0.29) is 5.91 Å². The molecule has 3 heteroatoms. The Bertz CT molecular complexity index is 228. The number of amides is 1. The topological polar surface area (TPSA) is 32.3 Å². The third-order valence-electron chi connectivity index (χ3n) is 3.29. The molecule has 0 aromatic carbocycles. The van der Waals surface area contributed by atoms with E-state index in [4.69, 9.17) is 0 Å². The summed E-state index contributed by atoms with van der Waals surface area (Å²) in [5.41, 5.74) is 0. The molecule has 1 rings (SSSR count). The number of nitrogens with zero attached hydrogens (tertiary/aromatic N) is 1. The third-order valence-corrected chi connectivity index (χ3v) is 3.29. The SMILES string of the molecule is C=CCNC(=O)CCN1CCCCC1CC. The van der Waals surface area contributed by atoms with Gasteiger partial charge in [0, 0.05) is 25.6 Å². The molecular weight excluding hydrogens is 200 g/mol. The van der Waals surface area contributed by atoms with Gasteiger partial charge in [-0.15, -0.1) is 6.58 Å². The highest BCUT2D eigenvalue weighted by atomic mass is 16.1. The zero-order valence-corrected chi connectivity index (χ0v) is 10.4. The van der Waals surface area contributed by atoms with Gasteiger partial charge < -0.3 is 5.32 Å². The first kappa shape index (κ1) is 13.2. The van der Waals surface area contributed by atoms with Crippen LogP contribution in [0, 0.1) is 0 Å². The minimum atomic E-state index is 0.139. The average Bonchev–Trinajstić information content (AvgIpc) is 2.34. The lowest BCUT2D eigenvalue weighted by Crippen LogP contribution is -2.41. The number of nitrogens with one attached hydrogen (secondary N) is 1. The highest BCUT2D eigenvalue weighted by Gasteiger charge is 2.20. The monoisotopic (exact) mass is 224 g/mol. The normalized spacial score (nSPS) is 21.7. The first-order chi connectivity index (χ1) is 7.77. The van der Waals surface area contributed by atoms with Crippen molar-refractivity contribution in [3.63, 3.8) is 0 Å². The lowest BCUT2D eigenvalue weighted by atomic mass is 10.00. The molecule has 1 amide bonds. The molecule has 92 valence electrons. The second kappa shape index (κ2) is 7.44. The van der Waals surface area contributed by atoms with Crippen molar-refractivity contribution in [3.05, 3.63) is 12.7 Å². The second-order valence-corrected chi connectivity index (χ2v) is 4.44. The number of carbonyl (C=O) groups is 1. The fourth-order valence-electron chi connectivity index (χ4n) is 2.34. The van der Waals surface area contributed by atoms with Crippen LogP contribution >= 0.6 is 0 Å². The molecule has 0 saturated carbocycles. The molecule has 0 bridgehead atoms. The van der Waals surface area contributed by atoms with Crippen LogP contribution in [-0.4, -0.2) is 36.5 Å². The zero-order chi connectivity index (χ0) is 11.8. The highest BCUT2D eigenvalue weighted by molar-refractivity contribution is 5.76. The Morgan fingerprint density at radius 3 is 3.06 bits per heavy atom. The number of piperidine rings is 1. The summed E-state index contributed by atoms with van der Waals surface area (Å²) >= 11 is 0.